The molecule has 0 saturated carbocycles. The quantitative estimate of drug-likeness (QED) is 0.341. The van der Waals surface area contributed by atoms with Crippen LogP contribution in [0.1, 0.15) is 17.4 Å². The lowest BCUT2D eigenvalue weighted by Gasteiger charge is -2.19. The number of aliphatic hydroxyl groups is 1. The Bertz CT molecular complexity index is 1410. The van der Waals surface area contributed by atoms with Crippen LogP contribution in [0.15, 0.2) is 64.1 Å². The van der Waals surface area contributed by atoms with Gasteiger partial charge in [-0.15, -0.1) is 0 Å². The molecule has 0 saturated heterocycles. The minimum absolute atomic E-state index is 0.0961. The average molecular weight is 485 g/mol. The minimum atomic E-state index is -3.70. The number of aliphatic hydroxyl groups excluding tert-OH is 1. The molecule has 34 heavy (non-hydrogen) atoms. The molecule has 0 aliphatic heterocycles. The van der Waals surface area contributed by atoms with Crippen LogP contribution in [0.3, 0.4) is 0 Å². The Hall–Kier alpha value is -3.90. The van der Waals surface area contributed by atoms with Gasteiger partial charge in [-0.1, -0.05) is 35.5 Å². The molecule has 0 fully saturated rings. The third-order valence-corrected chi connectivity index (χ3v) is 5.96. The number of anilines is 3. The van der Waals surface area contributed by atoms with E-state index < -0.39 is 26.6 Å². The Morgan fingerprint density at radius 3 is 2.53 bits per heavy atom. The van der Waals surface area contributed by atoms with Gasteiger partial charge in [-0.2, -0.15) is 9.97 Å². The second-order valence-electron chi connectivity index (χ2n) is 7.44. The SMILES string of the molecule is Cc1noc(-c2cnc(Nc3ccc(S(C)(=O)=O)c(F)c3)nc2N[C@H](CO)c2ccccc2)n1. The van der Waals surface area contributed by atoms with Gasteiger partial charge in [0, 0.05) is 18.1 Å². The molecule has 0 amide bonds. The molecule has 2 aromatic heterocycles. The first kappa shape index (κ1) is 23.3. The number of aryl methyl sites for hydroxylation is 1. The van der Waals surface area contributed by atoms with Gasteiger partial charge in [-0.25, -0.2) is 17.8 Å². The van der Waals surface area contributed by atoms with Crippen LogP contribution in [0.2, 0.25) is 0 Å². The van der Waals surface area contributed by atoms with Crippen LogP contribution in [-0.2, 0) is 9.84 Å². The van der Waals surface area contributed by atoms with E-state index in [0.29, 0.717) is 11.4 Å². The van der Waals surface area contributed by atoms with E-state index in [2.05, 4.69) is 30.7 Å². The molecular formula is C22H21FN6O4S. The highest BCUT2D eigenvalue weighted by atomic mass is 32.2. The number of nitrogens with one attached hydrogen (secondary N) is 2. The van der Waals surface area contributed by atoms with E-state index in [9.17, 15) is 17.9 Å². The number of sulfone groups is 1. The molecule has 0 bridgehead atoms. The van der Waals surface area contributed by atoms with Crippen LogP contribution in [0, 0.1) is 12.7 Å². The number of hydrogen-bond acceptors (Lipinski definition) is 10. The van der Waals surface area contributed by atoms with E-state index in [1.807, 2.05) is 30.3 Å². The van der Waals surface area contributed by atoms with Crippen molar-refractivity contribution >= 4 is 27.3 Å². The number of hydrogen-bond donors (Lipinski definition) is 3. The highest BCUT2D eigenvalue weighted by Crippen LogP contribution is 2.30. The van der Waals surface area contributed by atoms with E-state index in [-0.39, 0.29) is 30.0 Å². The molecule has 0 aliphatic carbocycles. The number of benzene rings is 2. The van der Waals surface area contributed by atoms with Crippen LogP contribution in [0.4, 0.5) is 21.8 Å². The summed E-state index contributed by atoms with van der Waals surface area (Å²) in [6.45, 7) is 1.45. The van der Waals surface area contributed by atoms with Crippen LogP contribution in [-0.4, -0.2) is 46.5 Å². The summed E-state index contributed by atoms with van der Waals surface area (Å²) in [5.41, 5.74) is 1.47. The zero-order valence-electron chi connectivity index (χ0n) is 18.2. The summed E-state index contributed by atoms with van der Waals surface area (Å²) in [5.74, 6) is 0.0930. The first-order valence-corrected chi connectivity index (χ1v) is 12.0. The Morgan fingerprint density at radius 1 is 1.15 bits per heavy atom. The molecule has 0 unspecified atom stereocenters. The fourth-order valence-electron chi connectivity index (χ4n) is 3.21. The van der Waals surface area contributed by atoms with Crippen molar-refractivity contribution in [2.75, 3.05) is 23.5 Å². The molecule has 12 heteroatoms. The van der Waals surface area contributed by atoms with Gasteiger partial charge in [0.25, 0.3) is 5.89 Å². The summed E-state index contributed by atoms with van der Waals surface area (Å²) in [7, 11) is -3.70. The van der Waals surface area contributed by atoms with Gasteiger partial charge < -0.3 is 20.3 Å². The Labute approximate surface area is 194 Å². The lowest BCUT2D eigenvalue weighted by atomic mass is 10.1. The van der Waals surface area contributed by atoms with Gasteiger partial charge >= 0.3 is 0 Å². The molecule has 10 nitrogen and oxygen atoms in total. The van der Waals surface area contributed by atoms with E-state index in [4.69, 9.17) is 4.52 Å². The van der Waals surface area contributed by atoms with Crippen LogP contribution < -0.4 is 10.6 Å². The zero-order chi connectivity index (χ0) is 24.3. The topological polar surface area (TPSA) is 143 Å². The molecule has 2 heterocycles. The van der Waals surface area contributed by atoms with E-state index >= 15 is 0 Å². The van der Waals surface area contributed by atoms with Gasteiger partial charge in [0.05, 0.1) is 12.6 Å². The summed E-state index contributed by atoms with van der Waals surface area (Å²) in [4.78, 5) is 12.5. The number of nitrogens with zero attached hydrogens (tertiary/aromatic N) is 4. The second kappa shape index (κ2) is 9.53. The first-order chi connectivity index (χ1) is 16.2. The molecule has 0 spiro atoms. The monoisotopic (exact) mass is 484 g/mol. The first-order valence-electron chi connectivity index (χ1n) is 10.1. The van der Waals surface area contributed by atoms with Crippen molar-refractivity contribution in [3.05, 3.63) is 71.9 Å². The molecule has 176 valence electrons. The van der Waals surface area contributed by atoms with Crippen molar-refractivity contribution in [1.82, 2.24) is 20.1 Å². The normalized spacial score (nSPS) is 12.4. The van der Waals surface area contributed by atoms with Crippen molar-refractivity contribution in [3.8, 4) is 11.5 Å². The van der Waals surface area contributed by atoms with Gasteiger partial charge in [0.15, 0.2) is 15.7 Å². The van der Waals surface area contributed by atoms with Gasteiger partial charge in [0.2, 0.25) is 5.95 Å². The maximum absolute atomic E-state index is 14.3. The highest BCUT2D eigenvalue weighted by molar-refractivity contribution is 7.90. The van der Waals surface area contributed by atoms with Gasteiger partial charge in [-0.3, -0.25) is 0 Å². The molecular weight excluding hydrogens is 463 g/mol. The van der Waals surface area contributed by atoms with E-state index in [1.165, 1.54) is 18.3 Å². The Balaban J connectivity index is 1.69. The van der Waals surface area contributed by atoms with Crippen molar-refractivity contribution < 1.29 is 22.4 Å². The molecule has 4 rings (SSSR count). The maximum Gasteiger partial charge on any atom is 0.263 e. The second-order valence-corrected chi connectivity index (χ2v) is 9.42. The van der Waals surface area contributed by atoms with Crippen molar-refractivity contribution in [2.45, 2.75) is 17.9 Å². The summed E-state index contributed by atoms with van der Waals surface area (Å²) in [6.07, 6.45) is 2.38. The lowest BCUT2D eigenvalue weighted by Crippen LogP contribution is -2.17. The largest absolute Gasteiger partial charge is 0.394 e. The molecule has 2 aromatic carbocycles. The third-order valence-electron chi connectivity index (χ3n) is 4.83. The molecule has 0 radical (unpaired) electrons. The molecule has 4 aromatic rings. The molecule has 3 N–H and O–H groups in total. The van der Waals surface area contributed by atoms with Crippen molar-refractivity contribution in [1.29, 1.82) is 0 Å². The summed E-state index contributed by atoms with van der Waals surface area (Å²) in [6, 6.07) is 12.4. The lowest BCUT2D eigenvalue weighted by molar-refractivity contribution is 0.276. The summed E-state index contributed by atoms with van der Waals surface area (Å²) >= 11 is 0. The average Bonchev–Trinajstić information content (AvgIpc) is 3.23. The van der Waals surface area contributed by atoms with E-state index in [0.717, 1.165) is 17.9 Å². The Morgan fingerprint density at radius 2 is 1.91 bits per heavy atom. The fourth-order valence-corrected chi connectivity index (χ4v) is 3.94. The van der Waals surface area contributed by atoms with Gasteiger partial charge in [-0.05, 0) is 30.7 Å². The Kier molecular flexibility index (Phi) is 6.52. The molecule has 1 atom stereocenters. The van der Waals surface area contributed by atoms with Gasteiger partial charge in [0.1, 0.15) is 22.1 Å². The maximum atomic E-state index is 14.3. The van der Waals surface area contributed by atoms with E-state index in [1.54, 1.807) is 6.92 Å². The van der Waals surface area contributed by atoms with Crippen molar-refractivity contribution in [2.24, 2.45) is 0 Å². The standard InChI is InChI=1S/C22H21FN6O4S/c1-13-25-21(33-29-13)16-11-24-22(26-15-8-9-19(17(23)10-15)34(2,31)32)28-20(16)27-18(12-30)14-6-4-3-5-7-14/h3-11,18,30H,12H2,1-2H3,(H2,24,26,27,28)/t18-/m1/s1. The third kappa shape index (κ3) is 5.18. The number of aromatic nitrogens is 4. The minimum Gasteiger partial charge on any atom is -0.394 e. The number of rotatable bonds is 8. The zero-order valence-corrected chi connectivity index (χ0v) is 19.0. The predicted molar refractivity (Wildman–Crippen MR) is 123 cm³/mol. The van der Waals surface area contributed by atoms with Crippen LogP contribution >= 0.6 is 0 Å². The summed E-state index contributed by atoms with van der Waals surface area (Å²) in [5, 5.41) is 19.8. The van der Waals surface area contributed by atoms with Crippen LogP contribution in [0.25, 0.3) is 11.5 Å². The predicted octanol–water partition coefficient (Wildman–Crippen LogP) is 3.27. The highest BCUT2D eigenvalue weighted by Gasteiger charge is 2.20. The fraction of sp³-hybridized carbons (Fsp3) is 0.182. The molecule has 0 aliphatic rings. The van der Waals surface area contributed by atoms with Crippen LogP contribution in [0.5, 0.6) is 0 Å². The smallest absolute Gasteiger partial charge is 0.263 e. The summed E-state index contributed by atoms with van der Waals surface area (Å²) < 4.78 is 42.9. The number of halogens is 1. The van der Waals surface area contributed by atoms with Crippen molar-refractivity contribution in [3.63, 3.8) is 0 Å².